The largest absolute Gasteiger partial charge is 0.493 e. The van der Waals surface area contributed by atoms with E-state index in [-0.39, 0.29) is 12.5 Å². The van der Waals surface area contributed by atoms with Gasteiger partial charge in [-0.25, -0.2) is 4.79 Å². The van der Waals surface area contributed by atoms with Gasteiger partial charge in [0.25, 0.3) is 5.91 Å². The van der Waals surface area contributed by atoms with Crippen molar-refractivity contribution in [1.82, 2.24) is 0 Å². The molecule has 3 rings (SSSR count). The summed E-state index contributed by atoms with van der Waals surface area (Å²) in [5.74, 6) is -0.0708. The minimum absolute atomic E-state index is 0.326. The van der Waals surface area contributed by atoms with Gasteiger partial charge in [-0.05, 0) is 73.6 Å². The number of hydrogen-bond donors (Lipinski definition) is 1. The molecular weight excluding hydrogens is 382 g/mol. The zero-order valence-electron chi connectivity index (χ0n) is 17.4. The Kier molecular flexibility index (Phi) is 7.12. The topological polar surface area (TPSA) is 73.9 Å². The zero-order chi connectivity index (χ0) is 21.5. The van der Waals surface area contributed by atoms with Crippen molar-refractivity contribution in [3.8, 4) is 11.5 Å². The van der Waals surface area contributed by atoms with Gasteiger partial charge in [-0.2, -0.15) is 0 Å². The minimum atomic E-state index is -0.939. The van der Waals surface area contributed by atoms with Crippen molar-refractivity contribution in [3.05, 3.63) is 65.7 Å². The highest BCUT2D eigenvalue weighted by Crippen LogP contribution is 2.28. The second kappa shape index (κ2) is 9.96. The standard InChI is InChI=1S/C24H27NO5/c1-4-6-17-9-12-21(22(13-17)28-3)29-15-23(26)30-16(2)24(27)25-20-11-10-18-7-5-8-19(18)14-20/h4,9-14,16H,1,5-8,15H2,2-3H3,(H,25,27)/t16-/m0/s1. The summed E-state index contributed by atoms with van der Waals surface area (Å²) in [4.78, 5) is 24.5. The number of aryl methyl sites for hydroxylation is 2. The number of benzene rings is 2. The fourth-order valence-corrected chi connectivity index (χ4v) is 3.44. The molecule has 1 atom stereocenters. The molecule has 1 aliphatic carbocycles. The third-order valence-corrected chi connectivity index (χ3v) is 5.00. The first-order valence-electron chi connectivity index (χ1n) is 10.0. The molecule has 0 fully saturated rings. The van der Waals surface area contributed by atoms with E-state index in [0.717, 1.165) is 24.8 Å². The van der Waals surface area contributed by atoms with Gasteiger partial charge in [0.1, 0.15) is 0 Å². The Hall–Kier alpha value is -3.28. The second-order valence-electron chi connectivity index (χ2n) is 7.23. The molecule has 1 amide bonds. The monoisotopic (exact) mass is 409 g/mol. The lowest BCUT2D eigenvalue weighted by Gasteiger charge is -2.15. The van der Waals surface area contributed by atoms with Gasteiger partial charge in [-0.15, -0.1) is 6.58 Å². The maximum atomic E-state index is 12.4. The minimum Gasteiger partial charge on any atom is -0.493 e. The number of rotatable bonds is 9. The van der Waals surface area contributed by atoms with Crippen LogP contribution in [0.15, 0.2) is 49.1 Å². The number of carbonyl (C=O) groups is 2. The predicted octanol–water partition coefficient (Wildman–Crippen LogP) is 3.86. The van der Waals surface area contributed by atoms with Gasteiger partial charge in [-0.3, -0.25) is 4.79 Å². The molecule has 0 saturated carbocycles. The summed E-state index contributed by atoms with van der Waals surface area (Å²) in [6.07, 6.45) is 4.81. The molecule has 0 aliphatic heterocycles. The number of carbonyl (C=O) groups excluding carboxylic acids is 2. The highest BCUT2D eigenvalue weighted by Gasteiger charge is 2.20. The molecule has 30 heavy (non-hydrogen) atoms. The highest BCUT2D eigenvalue weighted by atomic mass is 16.6. The Morgan fingerprint density at radius 2 is 1.93 bits per heavy atom. The molecule has 1 N–H and O–H groups in total. The Bertz CT molecular complexity index is 937. The van der Waals surface area contributed by atoms with E-state index < -0.39 is 12.1 Å². The van der Waals surface area contributed by atoms with Crippen molar-refractivity contribution in [2.24, 2.45) is 0 Å². The molecule has 2 aromatic rings. The van der Waals surface area contributed by atoms with Crippen LogP contribution in [0.4, 0.5) is 5.69 Å². The van der Waals surface area contributed by atoms with Gasteiger partial charge in [-0.1, -0.05) is 18.2 Å². The number of fused-ring (bicyclic) bond motifs is 1. The summed E-state index contributed by atoms with van der Waals surface area (Å²) in [6.45, 7) is 4.92. The SMILES string of the molecule is C=CCc1ccc(OCC(=O)O[C@@H](C)C(=O)Nc2ccc3c(c2)CCC3)c(OC)c1. The molecule has 0 heterocycles. The van der Waals surface area contributed by atoms with Crippen molar-refractivity contribution in [2.75, 3.05) is 19.0 Å². The summed E-state index contributed by atoms with van der Waals surface area (Å²) in [5, 5.41) is 2.80. The van der Waals surface area contributed by atoms with Crippen molar-refractivity contribution >= 4 is 17.6 Å². The zero-order valence-corrected chi connectivity index (χ0v) is 17.4. The van der Waals surface area contributed by atoms with Crippen molar-refractivity contribution in [2.45, 2.75) is 38.7 Å². The summed E-state index contributed by atoms with van der Waals surface area (Å²) in [7, 11) is 1.53. The van der Waals surface area contributed by atoms with Crippen LogP contribution in [0, 0.1) is 0 Å². The molecule has 6 nitrogen and oxygen atoms in total. The first-order valence-corrected chi connectivity index (χ1v) is 10.0. The van der Waals surface area contributed by atoms with Crippen LogP contribution in [-0.4, -0.2) is 31.7 Å². The van der Waals surface area contributed by atoms with Crippen molar-refractivity contribution < 1.29 is 23.8 Å². The van der Waals surface area contributed by atoms with Crippen LogP contribution in [-0.2, 0) is 33.6 Å². The Morgan fingerprint density at radius 1 is 1.13 bits per heavy atom. The summed E-state index contributed by atoms with van der Waals surface area (Å²) in [5.41, 5.74) is 4.33. The fraction of sp³-hybridized carbons (Fsp3) is 0.333. The number of ether oxygens (including phenoxy) is 3. The number of hydrogen-bond acceptors (Lipinski definition) is 5. The van der Waals surface area contributed by atoms with E-state index in [1.165, 1.54) is 25.2 Å². The van der Waals surface area contributed by atoms with Gasteiger partial charge in [0, 0.05) is 5.69 Å². The van der Waals surface area contributed by atoms with E-state index in [4.69, 9.17) is 14.2 Å². The molecule has 158 valence electrons. The van der Waals surface area contributed by atoms with E-state index in [9.17, 15) is 9.59 Å². The molecule has 6 heteroatoms. The Morgan fingerprint density at radius 3 is 2.70 bits per heavy atom. The number of allylic oxidation sites excluding steroid dienone is 1. The lowest BCUT2D eigenvalue weighted by molar-refractivity contribution is -0.155. The summed E-state index contributed by atoms with van der Waals surface area (Å²) < 4.78 is 16.0. The predicted molar refractivity (Wildman–Crippen MR) is 115 cm³/mol. The van der Waals surface area contributed by atoms with Gasteiger partial charge in [0.2, 0.25) is 0 Å². The first kappa shape index (κ1) is 21.4. The van der Waals surface area contributed by atoms with E-state index in [0.29, 0.717) is 23.6 Å². The molecular formula is C24H27NO5. The molecule has 0 bridgehead atoms. The van der Waals surface area contributed by atoms with Crippen LogP contribution in [0.2, 0.25) is 0 Å². The van der Waals surface area contributed by atoms with Crippen LogP contribution < -0.4 is 14.8 Å². The van der Waals surface area contributed by atoms with Gasteiger partial charge < -0.3 is 19.5 Å². The second-order valence-corrected chi connectivity index (χ2v) is 7.23. The van der Waals surface area contributed by atoms with Crippen LogP contribution in [0.5, 0.6) is 11.5 Å². The third-order valence-electron chi connectivity index (χ3n) is 5.00. The maximum absolute atomic E-state index is 12.4. The molecule has 1 aliphatic rings. The van der Waals surface area contributed by atoms with E-state index >= 15 is 0 Å². The van der Waals surface area contributed by atoms with Gasteiger partial charge >= 0.3 is 5.97 Å². The number of amides is 1. The van der Waals surface area contributed by atoms with Gasteiger partial charge in [0.15, 0.2) is 24.2 Å². The molecule has 0 radical (unpaired) electrons. The molecule has 0 spiro atoms. The van der Waals surface area contributed by atoms with Crippen LogP contribution in [0.3, 0.4) is 0 Å². The number of esters is 1. The third kappa shape index (κ3) is 5.41. The lowest BCUT2D eigenvalue weighted by Crippen LogP contribution is -2.31. The molecule has 2 aromatic carbocycles. The van der Waals surface area contributed by atoms with E-state index in [1.807, 2.05) is 30.3 Å². The fourth-order valence-electron chi connectivity index (χ4n) is 3.44. The first-order chi connectivity index (χ1) is 14.5. The summed E-state index contributed by atoms with van der Waals surface area (Å²) >= 11 is 0. The van der Waals surface area contributed by atoms with Crippen molar-refractivity contribution in [1.29, 1.82) is 0 Å². The van der Waals surface area contributed by atoms with E-state index in [2.05, 4.69) is 11.9 Å². The van der Waals surface area contributed by atoms with Crippen LogP contribution in [0.1, 0.15) is 30.0 Å². The number of methoxy groups -OCH3 is 1. The molecule has 0 saturated heterocycles. The highest BCUT2D eigenvalue weighted by molar-refractivity contribution is 5.95. The van der Waals surface area contributed by atoms with E-state index in [1.54, 1.807) is 12.1 Å². The van der Waals surface area contributed by atoms with Gasteiger partial charge in [0.05, 0.1) is 7.11 Å². The number of anilines is 1. The Balaban J connectivity index is 1.50. The average molecular weight is 409 g/mol. The molecule has 0 aromatic heterocycles. The quantitative estimate of drug-likeness (QED) is 0.503. The normalized spacial score (nSPS) is 13.1. The van der Waals surface area contributed by atoms with Crippen LogP contribution in [0.25, 0.3) is 0 Å². The van der Waals surface area contributed by atoms with Crippen molar-refractivity contribution in [3.63, 3.8) is 0 Å². The smallest absolute Gasteiger partial charge is 0.344 e. The lowest BCUT2D eigenvalue weighted by atomic mass is 10.1. The number of nitrogens with one attached hydrogen (secondary N) is 1. The Labute approximate surface area is 176 Å². The maximum Gasteiger partial charge on any atom is 0.344 e. The average Bonchev–Trinajstić information content (AvgIpc) is 3.20. The van der Waals surface area contributed by atoms with Crippen LogP contribution >= 0.6 is 0 Å². The summed E-state index contributed by atoms with van der Waals surface area (Å²) in [6, 6.07) is 11.3. The molecule has 0 unspecified atom stereocenters.